The fourth-order valence-electron chi connectivity index (χ4n) is 1.93. The molecule has 0 atom stereocenters. The predicted octanol–water partition coefficient (Wildman–Crippen LogP) is 0.980. The molecule has 0 aliphatic rings. The fourth-order valence-corrected chi connectivity index (χ4v) is 2.74. The number of fused-ring (bicyclic) bond motifs is 1. The minimum absolute atomic E-state index is 0.237. The van der Waals surface area contributed by atoms with Gasteiger partial charge in [-0.1, -0.05) is 11.6 Å². The quantitative estimate of drug-likeness (QED) is 0.494. The van der Waals surface area contributed by atoms with Crippen molar-refractivity contribution in [3.63, 3.8) is 0 Å². The van der Waals surface area contributed by atoms with Crippen molar-refractivity contribution in [2.45, 2.75) is 12.8 Å². The second-order valence-electron chi connectivity index (χ2n) is 4.39. The van der Waals surface area contributed by atoms with E-state index in [9.17, 15) is 14.2 Å². The van der Waals surface area contributed by atoms with Gasteiger partial charge in [0.25, 0.3) is 0 Å². The molecule has 1 aromatic carbocycles. The monoisotopic (exact) mass is 318 g/mol. The van der Waals surface area contributed by atoms with E-state index in [1.165, 1.54) is 6.07 Å². The highest BCUT2D eigenvalue weighted by Crippen LogP contribution is 2.35. The van der Waals surface area contributed by atoms with Gasteiger partial charge in [-0.05, 0) is 30.5 Å². The third-order valence-corrected chi connectivity index (χ3v) is 3.89. The molecule has 0 aliphatic heterocycles. The smallest absolute Gasteiger partial charge is 0.324 e. The lowest BCUT2D eigenvalue weighted by molar-refractivity contribution is 0.371. The van der Waals surface area contributed by atoms with Crippen LogP contribution < -0.4 is 11.1 Å². The average molecular weight is 319 g/mol. The number of aromatic amines is 2. The Balaban J connectivity index is 2.42. The van der Waals surface area contributed by atoms with Crippen LogP contribution in [0.1, 0.15) is 12.0 Å². The summed E-state index contributed by atoms with van der Waals surface area (Å²) in [6, 6.07) is 3.10. The van der Waals surface area contributed by atoms with Gasteiger partial charge in [-0.25, -0.2) is 0 Å². The molecule has 4 N–H and O–H groups in total. The van der Waals surface area contributed by atoms with Crippen LogP contribution in [-0.4, -0.2) is 25.9 Å². The molecule has 0 bridgehead atoms. The molecule has 20 heavy (non-hydrogen) atoms. The topological polar surface area (TPSA) is 123 Å². The molecule has 0 fully saturated rings. The summed E-state index contributed by atoms with van der Waals surface area (Å²) < 4.78 is 10.8. The van der Waals surface area contributed by atoms with Crippen LogP contribution in [0.25, 0.3) is 11.0 Å². The van der Waals surface area contributed by atoms with Crippen LogP contribution in [0.3, 0.4) is 0 Å². The lowest BCUT2D eigenvalue weighted by Gasteiger charge is -2.08. The van der Waals surface area contributed by atoms with Crippen molar-refractivity contribution in [1.29, 1.82) is 0 Å². The maximum Gasteiger partial charge on any atom is 0.325 e. The molecule has 108 valence electrons. The van der Waals surface area contributed by atoms with Gasteiger partial charge in [0.05, 0.1) is 17.2 Å². The van der Waals surface area contributed by atoms with E-state index >= 15 is 0 Å². The Bertz CT molecular complexity index is 807. The number of hydrogen-bond acceptors (Lipinski definition) is 3. The van der Waals surface area contributed by atoms with Gasteiger partial charge in [0, 0.05) is 5.02 Å². The van der Waals surface area contributed by atoms with Crippen molar-refractivity contribution in [2.24, 2.45) is 0 Å². The molecule has 7 nitrogen and oxygen atoms in total. The zero-order valence-electron chi connectivity index (χ0n) is 10.2. The number of hydrogen-bond donors (Lipinski definition) is 4. The summed E-state index contributed by atoms with van der Waals surface area (Å²) in [5.41, 5.74) is -0.135. The second-order valence-corrected chi connectivity index (χ2v) is 6.60. The maximum atomic E-state index is 11.3. The molecular formula is C11H12ClN2O5P. The summed E-state index contributed by atoms with van der Waals surface area (Å²) in [7, 11) is -4.06. The van der Waals surface area contributed by atoms with E-state index in [0.717, 1.165) is 0 Å². The maximum absolute atomic E-state index is 11.3. The highest BCUT2D eigenvalue weighted by atomic mass is 35.5. The first-order valence-electron chi connectivity index (χ1n) is 5.75. The van der Waals surface area contributed by atoms with Gasteiger partial charge in [0.2, 0.25) is 0 Å². The number of halogens is 1. The molecule has 1 heterocycles. The lowest BCUT2D eigenvalue weighted by Crippen LogP contribution is -2.29. The summed E-state index contributed by atoms with van der Waals surface area (Å²) in [6.07, 6.45) is 0.305. The average Bonchev–Trinajstić information content (AvgIpc) is 2.30. The van der Waals surface area contributed by atoms with Crippen molar-refractivity contribution in [3.05, 3.63) is 43.4 Å². The summed E-state index contributed by atoms with van der Waals surface area (Å²) in [4.78, 5) is 45.1. The molecule has 0 spiro atoms. The van der Waals surface area contributed by atoms with E-state index in [-0.39, 0.29) is 12.6 Å². The summed E-state index contributed by atoms with van der Waals surface area (Å²) in [5.74, 6) is 0. The normalized spacial score (nSPS) is 11.9. The van der Waals surface area contributed by atoms with E-state index in [1.807, 2.05) is 0 Å². The van der Waals surface area contributed by atoms with Crippen molar-refractivity contribution >= 4 is 30.2 Å². The number of benzene rings is 1. The molecule has 1 aromatic heterocycles. The SMILES string of the molecule is O=c1[nH]c2cc(Cl)cc(CCCP(=O)(O)O)c2[nH]c1=O. The van der Waals surface area contributed by atoms with Crippen LogP contribution in [0.5, 0.6) is 0 Å². The van der Waals surface area contributed by atoms with Crippen molar-refractivity contribution in [3.8, 4) is 0 Å². The zero-order chi connectivity index (χ0) is 14.9. The van der Waals surface area contributed by atoms with Crippen LogP contribution in [-0.2, 0) is 11.0 Å². The molecule has 0 amide bonds. The van der Waals surface area contributed by atoms with E-state index < -0.39 is 18.7 Å². The Hall–Kier alpha value is -1.40. The third kappa shape index (κ3) is 3.58. The molecule has 0 aliphatic carbocycles. The molecule has 0 radical (unpaired) electrons. The van der Waals surface area contributed by atoms with E-state index in [2.05, 4.69) is 9.97 Å². The number of aromatic nitrogens is 2. The van der Waals surface area contributed by atoms with Crippen LogP contribution >= 0.6 is 19.2 Å². The van der Waals surface area contributed by atoms with Gasteiger partial charge in [-0.3, -0.25) is 14.2 Å². The predicted molar refractivity (Wildman–Crippen MR) is 75.4 cm³/mol. The molecule has 0 saturated heterocycles. The van der Waals surface area contributed by atoms with E-state index in [0.29, 0.717) is 28.0 Å². The molecule has 0 saturated carbocycles. The van der Waals surface area contributed by atoms with Crippen LogP contribution in [0.15, 0.2) is 21.7 Å². The summed E-state index contributed by atoms with van der Waals surface area (Å²) in [5, 5.41) is 0.367. The Morgan fingerprint density at radius 1 is 1.15 bits per heavy atom. The Labute approximate surface area is 117 Å². The van der Waals surface area contributed by atoms with Crippen molar-refractivity contribution < 1.29 is 14.4 Å². The second kappa shape index (κ2) is 5.54. The largest absolute Gasteiger partial charge is 0.325 e. The highest BCUT2D eigenvalue weighted by molar-refractivity contribution is 7.51. The number of nitrogens with one attached hydrogen (secondary N) is 2. The number of rotatable bonds is 4. The van der Waals surface area contributed by atoms with Gasteiger partial charge < -0.3 is 19.8 Å². The molecule has 2 rings (SSSR count). The van der Waals surface area contributed by atoms with Gasteiger partial charge in [-0.2, -0.15) is 0 Å². The molecule has 2 aromatic rings. The minimum Gasteiger partial charge on any atom is -0.324 e. The van der Waals surface area contributed by atoms with Crippen LogP contribution in [0.2, 0.25) is 5.02 Å². The number of aryl methyl sites for hydroxylation is 1. The Morgan fingerprint density at radius 3 is 2.45 bits per heavy atom. The summed E-state index contributed by atoms with van der Waals surface area (Å²) in [6.45, 7) is 0. The van der Waals surface area contributed by atoms with E-state index in [1.54, 1.807) is 6.07 Å². The van der Waals surface area contributed by atoms with Gasteiger partial charge in [0.15, 0.2) is 0 Å². The zero-order valence-corrected chi connectivity index (χ0v) is 11.9. The van der Waals surface area contributed by atoms with Crippen LogP contribution in [0.4, 0.5) is 0 Å². The molecule has 9 heteroatoms. The van der Waals surface area contributed by atoms with Crippen LogP contribution in [0, 0.1) is 0 Å². The van der Waals surface area contributed by atoms with E-state index in [4.69, 9.17) is 21.4 Å². The third-order valence-electron chi connectivity index (χ3n) is 2.77. The van der Waals surface area contributed by atoms with Gasteiger partial charge in [-0.15, -0.1) is 0 Å². The Morgan fingerprint density at radius 2 is 1.80 bits per heavy atom. The number of H-pyrrole nitrogens is 2. The first-order valence-corrected chi connectivity index (χ1v) is 7.93. The standard InChI is InChI=1S/C11H12ClN2O5P/c12-7-4-6(2-1-3-20(17,18)19)9-8(5-7)13-10(15)11(16)14-9/h4-5H,1-3H2,(H,13,15)(H,14,16)(H2,17,18,19). The minimum atomic E-state index is -4.06. The van der Waals surface area contributed by atoms with Crippen molar-refractivity contribution in [1.82, 2.24) is 9.97 Å². The van der Waals surface area contributed by atoms with Gasteiger partial charge in [0.1, 0.15) is 0 Å². The first kappa shape index (κ1) is 15.0. The fraction of sp³-hybridized carbons (Fsp3) is 0.273. The summed E-state index contributed by atoms with van der Waals surface area (Å²) >= 11 is 5.92. The first-order chi connectivity index (χ1) is 9.26. The Kier molecular flexibility index (Phi) is 4.15. The van der Waals surface area contributed by atoms with Crippen molar-refractivity contribution in [2.75, 3.05) is 6.16 Å². The molecular weight excluding hydrogens is 307 g/mol. The van der Waals surface area contributed by atoms with Gasteiger partial charge >= 0.3 is 18.7 Å². The lowest BCUT2D eigenvalue weighted by atomic mass is 10.1. The highest BCUT2D eigenvalue weighted by Gasteiger charge is 2.13. The molecule has 0 unspecified atom stereocenters.